The van der Waals surface area contributed by atoms with Gasteiger partial charge in [0.1, 0.15) is 5.82 Å². The molecule has 8 aromatic rings. The first-order chi connectivity index (χ1) is 28.1. The van der Waals surface area contributed by atoms with Crippen LogP contribution in [0.1, 0.15) is 79.0 Å². The number of aromatic nitrogens is 2. The number of pyridine rings is 1. The quantitative estimate of drug-likeness (QED) is 0.156. The maximum Gasteiger partial charge on any atom is 0.135 e. The van der Waals surface area contributed by atoms with Crippen molar-refractivity contribution >= 4 is 44.6 Å². The van der Waals surface area contributed by atoms with Crippen molar-refractivity contribution in [2.24, 2.45) is 0 Å². The SMILES string of the molecule is CC(C)(C)c1ccc(-c2ccc(C(C)(C)C)cc2N2[CH-]N(c3[c-]c(Oc4[c-]c5c(cc4)c4ccccc4n5-c4cc(C(C)(C)C)ccn4)ccc3)c3ccccc32)cc1.[Pt]. The molecule has 0 atom stereocenters. The summed E-state index contributed by atoms with van der Waals surface area (Å²) in [5.74, 6) is 2.07. The first-order valence-corrected chi connectivity index (χ1v) is 20.5. The number of benzene rings is 6. The number of ether oxygens (including phenoxy) is 1. The van der Waals surface area contributed by atoms with E-state index in [0.717, 1.165) is 50.4 Å². The zero-order chi connectivity index (χ0) is 41.3. The summed E-state index contributed by atoms with van der Waals surface area (Å²) in [5.41, 5.74) is 12.4. The van der Waals surface area contributed by atoms with Gasteiger partial charge in [0.15, 0.2) is 0 Å². The molecule has 6 aromatic carbocycles. The second kappa shape index (κ2) is 15.4. The average Bonchev–Trinajstić information content (AvgIpc) is 3.76. The van der Waals surface area contributed by atoms with Gasteiger partial charge in [-0.05, 0) is 80.3 Å². The van der Waals surface area contributed by atoms with Crippen LogP contribution in [0.5, 0.6) is 11.5 Å². The fraction of sp³-hybridized carbons (Fsp3) is 0.222. The van der Waals surface area contributed by atoms with E-state index in [1.54, 1.807) is 0 Å². The van der Waals surface area contributed by atoms with E-state index in [9.17, 15) is 0 Å². The van der Waals surface area contributed by atoms with Gasteiger partial charge in [0.05, 0.1) is 0 Å². The van der Waals surface area contributed by atoms with Crippen LogP contribution in [0.15, 0.2) is 140 Å². The predicted molar refractivity (Wildman–Crippen MR) is 246 cm³/mol. The van der Waals surface area contributed by atoms with Crippen LogP contribution in [0, 0.1) is 18.8 Å². The van der Waals surface area contributed by atoms with Crippen LogP contribution in [-0.2, 0) is 37.3 Å². The number of hydrogen-bond donors (Lipinski definition) is 0. The number of nitrogens with zero attached hydrogens (tertiary/aromatic N) is 4. The van der Waals surface area contributed by atoms with Gasteiger partial charge in [0.2, 0.25) is 0 Å². The Morgan fingerprint density at radius 2 is 1.17 bits per heavy atom. The second-order valence-corrected chi connectivity index (χ2v) is 18.7. The Kier molecular flexibility index (Phi) is 10.6. The molecule has 9 rings (SSSR count). The molecule has 0 unspecified atom stereocenters. The predicted octanol–water partition coefficient (Wildman–Crippen LogP) is 14.5. The molecule has 2 aromatic heterocycles. The first kappa shape index (κ1) is 41.1. The Labute approximate surface area is 369 Å². The van der Waals surface area contributed by atoms with Gasteiger partial charge in [0.25, 0.3) is 0 Å². The maximum atomic E-state index is 6.62. The Morgan fingerprint density at radius 3 is 1.88 bits per heavy atom. The molecule has 0 N–H and O–H groups in total. The summed E-state index contributed by atoms with van der Waals surface area (Å²) in [6.45, 7) is 22.5. The number of anilines is 4. The fourth-order valence-electron chi connectivity index (χ4n) is 8.02. The van der Waals surface area contributed by atoms with E-state index in [1.165, 1.54) is 27.8 Å². The summed E-state index contributed by atoms with van der Waals surface area (Å²) in [5, 5.41) is 2.24. The minimum absolute atomic E-state index is 0. The van der Waals surface area contributed by atoms with E-state index < -0.39 is 0 Å². The Bertz CT molecular complexity index is 2850. The summed E-state index contributed by atoms with van der Waals surface area (Å²) in [6.07, 6.45) is 1.90. The third-order valence-corrected chi connectivity index (χ3v) is 11.4. The maximum absolute atomic E-state index is 6.62. The van der Waals surface area contributed by atoms with E-state index in [-0.39, 0.29) is 37.3 Å². The molecule has 5 nitrogen and oxygen atoms in total. The van der Waals surface area contributed by atoms with E-state index >= 15 is 0 Å². The molecular formula is C54H51N4OPt-3. The first-order valence-electron chi connectivity index (χ1n) is 20.5. The van der Waals surface area contributed by atoms with Gasteiger partial charge in [-0.15, -0.1) is 48.1 Å². The number of rotatable bonds is 6. The van der Waals surface area contributed by atoms with Gasteiger partial charge < -0.3 is 19.1 Å². The smallest absolute Gasteiger partial charge is 0.135 e. The van der Waals surface area contributed by atoms with Crippen LogP contribution in [0.2, 0.25) is 0 Å². The molecule has 6 heteroatoms. The van der Waals surface area contributed by atoms with Crippen molar-refractivity contribution < 1.29 is 25.8 Å². The van der Waals surface area contributed by atoms with Gasteiger partial charge in [-0.25, -0.2) is 4.98 Å². The van der Waals surface area contributed by atoms with Gasteiger partial charge >= 0.3 is 0 Å². The largest absolute Gasteiger partial charge is 0.509 e. The molecule has 0 aliphatic carbocycles. The molecule has 60 heavy (non-hydrogen) atoms. The second-order valence-electron chi connectivity index (χ2n) is 18.7. The van der Waals surface area contributed by atoms with Crippen LogP contribution >= 0.6 is 0 Å². The van der Waals surface area contributed by atoms with Crippen LogP contribution in [0.3, 0.4) is 0 Å². The van der Waals surface area contributed by atoms with Gasteiger partial charge in [-0.1, -0.05) is 135 Å². The molecule has 0 saturated heterocycles. The van der Waals surface area contributed by atoms with Crippen LogP contribution in [0.25, 0.3) is 38.8 Å². The molecule has 1 aliphatic rings. The normalized spacial score (nSPS) is 13.2. The number of para-hydroxylation sites is 3. The molecule has 0 amide bonds. The molecule has 0 spiro atoms. The van der Waals surface area contributed by atoms with Crippen molar-refractivity contribution in [3.63, 3.8) is 0 Å². The van der Waals surface area contributed by atoms with E-state index in [4.69, 9.17) is 9.72 Å². The summed E-state index contributed by atoms with van der Waals surface area (Å²) in [7, 11) is 0. The molecule has 0 saturated carbocycles. The number of hydrogen-bond acceptors (Lipinski definition) is 4. The molecule has 0 bridgehead atoms. The third-order valence-electron chi connectivity index (χ3n) is 11.4. The summed E-state index contributed by atoms with van der Waals surface area (Å²) in [6, 6.07) is 54.7. The topological polar surface area (TPSA) is 33.5 Å². The van der Waals surface area contributed by atoms with Crippen molar-refractivity contribution in [2.75, 3.05) is 9.80 Å². The third kappa shape index (κ3) is 7.65. The summed E-state index contributed by atoms with van der Waals surface area (Å²) in [4.78, 5) is 9.37. The van der Waals surface area contributed by atoms with Crippen LogP contribution in [-0.4, -0.2) is 9.55 Å². The molecule has 0 radical (unpaired) electrons. The minimum atomic E-state index is -0.0247. The van der Waals surface area contributed by atoms with Crippen molar-refractivity contribution in [1.29, 1.82) is 0 Å². The Balaban J connectivity index is 0.00000499. The van der Waals surface area contributed by atoms with Gasteiger partial charge in [-0.2, -0.15) is 12.1 Å². The molecule has 3 heterocycles. The van der Waals surface area contributed by atoms with Crippen molar-refractivity contribution in [2.45, 2.75) is 78.6 Å². The van der Waals surface area contributed by atoms with Crippen molar-refractivity contribution in [3.8, 4) is 28.4 Å². The van der Waals surface area contributed by atoms with Crippen molar-refractivity contribution in [3.05, 3.63) is 175 Å². The van der Waals surface area contributed by atoms with Crippen LogP contribution < -0.4 is 14.5 Å². The summed E-state index contributed by atoms with van der Waals surface area (Å²) >= 11 is 0. The fourth-order valence-corrected chi connectivity index (χ4v) is 8.02. The average molecular weight is 967 g/mol. The van der Waals surface area contributed by atoms with Gasteiger partial charge in [-0.3, -0.25) is 0 Å². The Morgan fingerprint density at radius 1 is 0.533 bits per heavy atom. The van der Waals surface area contributed by atoms with E-state index in [0.29, 0.717) is 11.5 Å². The monoisotopic (exact) mass is 966 g/mol. The molecule has 306 valence electrons. The van der Waals surface area contributed by atoms with E-state index in [1.807, 2.05) is 24.4 Å². The zero-order valence-electron chi connectivity index (χ0n) is 35.9. The van der Waals surface area contributed by atoms with E-state index in [2.05, 4.69) is 211 Å². The molecule has 1 aliphatic heterocycles. The number of fused-ring (bicyclic) bond motifs is 4. The molecular weight excluding hydrogens is 916 g/mol. The van der Waals surface area contributed by atoms with Crippen LogP contribution in [0.4, 0.5) is 22.7 Å². The Hall–Kier alpha value is -5.64. The molecule has 0 fully saturated rings. The standard InChI is InChI=1S/C54H51N4O.Pt/c1-52(2,3)37-23-21-36(22-24-37)43-27-25-38(53(4,5)6)31-49(43)57-35-56(47-19-12-13-20-48(47)57)40-15-14-16-41(33-40)59-42-26-28-45-44-17-10-11-18-46(44)58(50(45)34-42)51-32-39(29-30-55-51)54(7,8)9;/h10-32,35H,1-9H3;/q-3;. The minimum Gasteiger partial charge on any atom is -0.509 e. The van der Waals surface area contributed by atoms with Gasteiger partial charge in [0, 0.05) is 66.9 Å². The van der Waals surface area contributed by atoms with Crippen molar-refractivity contribution in [1.82, 2.24) is 9.55 Å². The zero-order valence-corrected chi connectivity index (χ0v) is 38.1. The summed E-state index contributed by atoms with van der Waals surface area (Å²) < 4.78 is 8.81.